The van der Waals surface area contributed by atoms with E-state index in [1.807, 2.05) is 16.9 Å². The van der Waals surface area contributed by atoms with Crippen molar-refractivity contribution in [2.45, 2.75) is 26.3 Å². The van der Waals surface area contributed by atoms with Crippen molar-refractivity contribution >= 4 is 0 Å². The maximum atomic E-state index is 5.46. The summed E-state index contributed by atoms with van der Waals surface area (Å²) in [5.74, 6) is 0. The molecule has 0 amide bonds. The van der Waals surface area contributed by atoms with Crippen molar-refractivity contribution in [2.75, 3.05) is 6.54 Å². The Labute approximate surface area is 101 Å². The number of nitrogens with zero attached hydrogens (tertiary/aromatic N) is 3. The molecule has 4 nitrogen and oxygen atoms in total. The third-order valence-corrected chi connectivity index (χ3v) is 2.69. The highest BCUT2D eigenvalue weighted by Crippen LogP contribution is 2.17. The van der Waals surface area contributed by atoms with Crippen molar-refractivity contribution < 1.29 is 0 Å². The minimum atomic E-state index is 0.736. The Hall–Kier alpha value is -1.68. The largest absolute Gasteiger partial charge is 0.330 e. The second kappa shape index (κ2) is 5.59. The minimum absolute atomic E-state index is 0.736. The molecule has 0 aliphatic heterocycles. The number of hydrogen-bond donors (Lipinski definition) is 1. The van der Waals surface area contributed by atoms with Crippen molar-refractivity contribution in [1.82, 2.24) is 15.0 Å². The standard InChI is InChI=1S/C13H18N4/c1-11-5-4-6-12(9-11)13-10-17(16-15-13)8-3-2-7-14/h4-6,9-10H,2-3,7-8,14H2,1H3. The van der Waals surface area contributed by atoms with Crippen LogP contribution in [0, 0.1) is 6.92 Å². The second-order valence-electron chi connectivity index (χ2n) is 4.23. The van der Waals surface area contributed by atoms with Gasteiger partial charge in [-0.2, -0.15) is 0 Å². The van der Waals surface area contributed by atoms with Gasteiger partial charge in [-0.05, 0) is 32.4 Å². The minimum Gasteiger partial charge on any atom is -0.330 e. The maximum Gasteiger partial charge on any atom is 0.113 e. The van der Waals surface area contributed by atoms with E-state index >= 15 is 0 Å². The van der Waals surface area contributed by atoms with Gasteiger partial charge in [0.15, 0.2) is 0 Å². The van der Waals surface area contributed by atoms with Crippen LogP contribution in [0.15, 0.2) is 30.5 Å². The molecular formula is C13H18N4. The van der Waals surface area contributed by atoms with Crippen LogP contribution in [0.5, 0.6) is 0 Å². The average Bonchev–Trinajstić information content (AvgIpc) is 2.78. The smallest absolute Gasteiger partial charge is 0.113 e. The van der Waals surface area contributed by atoms with Crippen LogP contribution in [0.3, 0.4) is 0 Å². The number of aryl methyl sites for hydroxylation is 2. The van der Waals surface area contributed by atoms with Crippen molar-refractivity contribution in [3.05, 3.63) is 36.0 Å². The summed E-state index contributed by atoms with van der Waals surface area (Å²) in [6.45, 7) is 3.70. The van der Waals surface area contributed by atoms with Gasteiger partial charge in [0.1, 0.15) is 5.69 Å². The van der Waals surface area contributed by atoms with E-state index in [9.17, 15) is 0 Å². The summed E-state index contributed by atoms with van der Waals surface area (Å²) in [6.07, 6.45) is 4.07. The van der Waals surface area contributed by atoms with Crippen LogP contribution in [0.2, 0.25) is 0 Å². The highest BCUT2D eigenvalue weighted by atomic mass is 15.4. The van der Waals surface area contributed by atoms with Crippen LogP contribution in [-0.2, 0) is 6.54 Å². The molecule has 1 aromatic heterocycles. The van der Waals surface area contributed by atoms with E-state index in [1.165, 1.54) is 5.56 Å². The van der Waals surface area contributed by atoms with Crippen molar-refractivity contribution in [2.24, 2.45) is 5.73 Å². The van der Waals surface area contributed by atoms with E-state index in [2.05, 4.69) is 35.4 Å². The van der Waals surface area contributed by atoms with Crippen molar-refractivity contribution in [3.8, 4) is 11.3 Å². The molecule has 2 N–H and O–H groups in total. The van der Waals surface area contributed by atoms with Crippen LogP contribution in [0.25, 0.3) is 11.3 Å². The summed E-state index contributed by atoms with van der Waals surface area (Å²) in [4.78, 5) is 0. The molecular weight excluding hydrogens is 212 g/mol. The molecule has 1 heterocycles. The lowest BCUT2D eigenvalue weighted by Crippen LogP contribution is -2.03. The third-order valence-electron chi connectivity index (χ3n) is 2.69. The summed E-state index contributed by atoms with van der Waals surface area (Å²) in [7, 11) is 0. The topological polar surface area (TPSA) is 56.7 Å². The summed E-state index contributed by atoms with van der Waals surface area (Å²) < 4.78 is 1.88. The SMILES string of the molecule is Cc1cccc(-c2cn(CCCCN)nn2)c1. The summed E-state index contributed by atoms with van der Waals surface area (Å²) in [6, 6.07) is 8.29. The first-order valence-electron chi connectivity index (χ1n) is 5.97. The molecule has 17 heavy (non-hydrogen) atoms. The van der Waals surface area contributed by atoms with Crippen LogP contribution >= 0.6 is 0 Å². The Morgan fingerprint density at radius 1 is 1.29 bits per heavy atom. The van der Waals surface area contributed by atoms with E-state index in [0.29, 0.717) is 0 Å². The lowest BCUT2D eigenvalue weighted by Gasteiger charge is -1.98. The number of nitrogens with two attached hydrogens (primary N) is 1. The summed E-state index contributed by atoms with van der Waals surface area (Å²) >= 11 is 0. The predicted octanol–water partition coefficient (Wildman–Crippen LogP) is 1.99. The molecule has 1 aromatic carbocycles. The van der Waals surface area contributed by atoms with Crippen molar-refractivity contribution in [3.63, 3.8) is 0 Å². The third kappa shape index (κ3) is 3.14. The average molecular weight is 230 g/mol. The Morgan fingerprint density at radius 2 is 2.18 bits per heavy atom. The van der Waals surface area contributed by atoms with Gasteiger partial charge >= 0.3 is 0 Å². The Morgan fingerprint density at radius 3 is 2.94 bits per heavy atom. The fraction of sp³-hybridized carbons (Fsp3) is 0.385. The molecule has 0 aliphatic carbocycles. The monoisotopic (exact) mass is 230 g/mol. The molecule has 2 aromatic rings. The zero-order valence-electron chi connectivity index (χ0n) is 10.1. The van der Waals surface area contributed by atoms with E-state index in [1.54, 1.807) is 0 Å². The fourth-order valence-corrected chi connectivity index (χ4v) is 1.76. The first-order valence-corrected chi connectivity index (χ1v) is 5.97. The van der Waals surface area contributed by atoms with Gasteiger partial charge in [-0.25, -0.2) is 0 Å². The Bertz CT molecular complexity index is 476. The normalized spacial score (nSPS) is 10.7. The lowest BCUT2D eigenvalue weighted by molar-refractivity contribution is 0.544. The number of hydrogen-bond acceptors (Lipinski definition) is 3. The molecule has 0 radical (unpaired) electrons. The van der Waals surface area contributed by atoms with Gasteiger partial charge in [0, 0.05) is 12.1 Å². The molecule has 0 saturated carbocycles. The second-order valence-corrected chi connectivity index (χ2v) is 4.23. The highest BCUT2D eigenvalue weighted by molar-refractivity contribution is 5.58. The fourth-order valence-electron chi connectivity index (χ4n) is 1.76. The molecule has 0 aliphatic rings. The van der Waals surface area contributed by atoms with Crippen molar-refractivity contribution in [1.29, 1.82) is 0 Å². The van der Waals surface area contributed by atoms with Crippen LogP contribution in [0.1, 0.15) is 18.4 Å². The lowest BCUT2D eigenvalue weighted by atomic mass is 10.1. The number of benzene rings is 1. The molecule has 90 valence electrons. The van der Waals surface area contributed by atoms with Gasteiger partial charge in [0.2, 0.25) is 0 Å². The molecule has 0 fully saturated rings. The summed E-state index contributed by atoms with van der Waals surface area (Å²) in [5, 5.41) is 8.31. The Kier molecular flexibility index (Phi) is 3.88. The predicted molar refractivity (Wildman–Crippen MR) is 68.5 cm³/mol. The summed E-state index contributed by atoms with van der Waals surface area (Å²) in [5.41, 5.74) is 8.75. The number of aromatic nitrogens is 3. The molecule has 2 rings (SSSR count). The number of rotatable bonds is 5. The van der Waals surface area contributed by atoms with Gasteiger partial charge in [-0.15, -0.1) is 5.10 Å². The van der Waals surface area contributed by atoms with E-state index < -0.39 is 0 Å². The Balaban J connectivity index is 2.07. The molecule has 0 unspecified atom stereocenters. The zero-order valence-corrected chi connectivity index (χ0v) is 10.1. The van der Waals surface area contributed by atoms with Gasteiger partial charge in [-0.3, -0.25) is 4.68 Å². The van der Waals surface area contributed by atoms with Gasteiger partial charge < -0.3 is 5.73 Å². The van der Waals surface area contributed by atoms with E-state index in [0.717, 1.165) is 37.2 Å². The highest BCUT2D eigenvalue weighted by Gasteiger charge is 2.03. The molecule has 0 spiro atoms. The molecule has 0 bridgehead atoms. The van der Waals surface area contributed by atoms with E-state index in [-0.39, 0.29) is 0 Å². The zero-order chi connectivity index (χ0) is 12.1. The van der Waals surface area contributed by atoms with E-state index in [4.69, 9.17) is 5.73 Å². The van der Waals surface area contributed by atoms with Gasteiger partial charge in [0.05, 0.1) is 6.20 Å². The molecule has 0 saturated heterocycles. The van der Waals surface area contributed by atoms with Gasteiger partial charge in [0.25, 0.3) is 0 Å². The molecule has 4 heteroatoms. The quantitative estimate of drug-likeness (QED) is 0.799. The van der Waals surface area contributed by atoms with Crippen LogP contribution < -0.4 is 5.73 Å². The van der Waals surface area contributed by atoms with Gasteiger partial charge in [-0.1, -0.05) is 29.0 Å². The first-order chi connectivity index (χ1) is 8.29. The van der Waals surface area contributed by atoms with Crippen LogP contribution in [0.4, 0.5) is 0 Å². The maximum absolute atomic E-state index is 5.46. The van der Waals surface area contributed by atoms with Crippen LogP contribution in [-0.4, -0.2) is 21.5 Å². The number of unbranched alkanes of at least 4 members (excludes halogenated alkanes) is 1. The molecule has 0 atom stereocenters. The first kappa shape index (κ1) is 11.8.